The van der Waals surface area contributed by atoms with E-state index in [9.17, 15) is 18.4 Å². The maximum Gasteiger partial charge on any atom is 0.387 e. The summed E-state index contributed by atoms with van der Waals surface area (Å²) in [6, 6.07) is 12.5. The van der Waals surface area contributed by atoms with E-state index in [4.69, 9.17) is 5.73 Å². The molecule has 9 heteroatoms. The van der Waals surface area contributed by atoms with Crippen molar-refractivity contribution < 1.29 is 23.1 Å². The molecule has 30 heavy (non-hydrogen) atoms. The molecule has 0 saturated heterocycles. The molecule has 0 bridgehead atoms. The van der Waals surface area contributed by atoms with Gasteiger partial charge in [0.15, 0.2) is 11.5 Å². The number of amides is 2. The van der Waals surface area contributed by atoms with Crippen LogP contribution >= 0.6 is 0 Å². The van der Waals surface area contributed by atoms with E-state index in [0.29, 0.717) is 16.8 Å². The lowest BCUT2D eigenvalue weighted by molar-refractivity contribution is -0.129. The normalized spacial score (nSPS) is 21.0. The van der Waals surface area contributed by atoms with Crippen molar-refractivity contribution in [1.82, 2.24) is 4.90 Å². The van der Waals surface area contributed by atoms with Crippen molar-refractivity contribution in [1.29, 1.82) is 0 Å². The number of guanidine groups is 1. The van der Waals surface area contributed by atoms with E-state index < -0.39 is 18.1 Å². The lowest BCUT2D eigenvalue weighted by atomic mass is 9.82. The van der Waals surface area contributed by atoms with Gasteiger partial charge in [-0.1, -0.05) is 24.3 Å². The highest BCUT2D eigenvalue weighted by Crippen LogP contribution is 2.41. The van der Waals surface area contributed by atoms with Crippen molar-refractivity contribution in [2.75, 3.05) is 12.4 Å². The van der Waals surface area contributed by atoms with Gasteiger partial charge < -0.3 is 15.8 Å². The zero-order valence-corrected chi connectivity index (χ0v) is 16.1. The number of benzene rings is 2. The largest absolute Gasteiger partial charge is 0.435 e. The quantitative estimate of drug-likeness (QED) is 0.760. The second kappa shape index (κ2) is 7.40. The fourth-order valence-electron chi connectivity index (χ4n) is 3.47. The van der Waals surface area contributed by atoms with Crippen LogP contribution in [0.1, 0.15) is 24.0 Å². The highest BCUT2D eigenvalue weighted by Gasteiger charge is 2.49. The number of nitrogens with two attached hydrogens (primary N) is 1. The zero-order valence-electron chi connectivity index (χ0n) is 16.1. The Hall–Kier alpha value is -3.49. The first-order chi connectivity index (χ1) is 14.3. The maximum atomic E-state index is 13.2. The van der Waals surface area contributed by atoms with Gasteiger partial charge in [0.05, 0.1) is 0 Å². The highest BCUT2D eigenvalue weighted by molar-refractivity contribution is 6.09. The number of alkyl halides is 2. The molecular formula is C21H20F2N4O3. The Kier molecular flexibility index (Phi) is 4.89. The predicted octanol–water partition coefficient (Wildman–Crippen LogP) is 2.67. The number of likely N-dealkylation sites (N-methyl/N-ethyl adjacent to an activating group) is 1. The van der Waals surface area contributed by atoms with Gasteiger partial charge in [0.1, 0.15) is 5.75 Å². The number of ether oxygens (including phenoxy) is 1. The van der Waals surface area contributed by atoms with Crippen LogP contribution in [-0.4, -0.2) is 36.3 Å². The third-order valence-electron chi connectivity index (χ3n) is 5.23. The molecule has 1 saturated carbocycles. The van der Waals surface area contributed by atoms with Crippen LogP contribution in [0, 0.1) is 5.92 Å². The average Bonchev–Trinajstić information content (AvgIpc) is 3.53. The second-order valence-electron chi connectivity index (χ2n) is 7.29. The Labute approximate surface area is 171 Å². The lowest BCUT2D eigenvalue weighted by Gasteiger charge is -2.26. The van der Waals surface area contributed by atoms with E-state index in [1.807, 2.05) is 0 Å². The molecular weight excluding hydrogens is 394 g/mol. The van der Waals surface area contributed by atoms with Crippen molar-refractivity contribution in [3.63, 3.8) is 0 Å². The number of hydrogen-bond donors (Lipinski definition) is 2. The number of nitrogens with one attached hydrogen (secondary N) is 1. The van der Waals surface area contributed by atoms with Crippen LogP contribution in [0.4, 0.5) is 14.5 Å². The number of rotatable bonds is 6. The summed E-state index contributed by atoms with van der Waals surface area (Å²) in [4.78, 5) is 31.1. The van der Waals surface area contributed by atoms with E-state index in [1.165, 1.54) is 36.2 Å². The fourth-order valence-corrected chi connectivity index (χ4v) is 3.47. The minimum Gasteiger partial charge on any atom is -0.435 e. The van der Waals surface area contributed by atoms with Gasteiger partial charge in [-0.15, -0.1) is 0 Å². The molecule has 2 aromatic rings. The van der Waals surface area contributed by atoms with Gasteiger partial charge in [0, 0.05) is 18.7 Å². The summed E-state index contributed by atoms with van der Waals surface area (Å²) in [6.07, 6.45) is 1.74. The molecule has 156 valence electrons. The molecule has 1 heterocycles. The summed E-state index contributed by atoms with van der Waals surface area (Å²) in [5, 5.41) is 2.86. The molecule has 4 rings (SSSR count). The third-order valence-corrected chi connectivity index (χ3v) is 5.23. The summed E-state index contributed by atoms with van der Waals surface area (Å²) in [6.45, 7) is -2.95. The summed E-state index contributed by atoms with van der Waals surface area (Å²) >= 11 is 0. The van der Waals surface area contributed by atoms with E-state index in [1.54, 1.807) is 24.3 Å². The van der Waals surface area contributed by atoms with Crippen molar-refractivity contribution >= 4 is 23.5 Å². The fraction of sp³-hybridized carbons (Fsp3) is 0.286. The SMILES string of the molecule is CN1C(=O)C(c2ccc(OC(F)F)cc2)(c2cccc(NC(=O)C3CC3)c2)N=C1N. The minimum atomic E-state index is -2.95. The Morgan fingerprint density at radius 1 is 1.23 bits per heavy atom. The molecule has 1 atom stereocenters. The van der Waals surface area contributed by atoms with Crippen LogP contribution < -0.4 is 15.8 Å². The van der Waals surface area contributed by atoms with Gasteiger partial charge in [-0.05, 0) is 48.2 Å². The van der Waals surface area contributed by atoms with Crippen molar-refractivity contribution in [3.05, 3.63) is 59.7 Å². The molecule has 1 aliphatic carbocycles. The van der Waals surface area contributed by atoms with Gasteiger partial charge >= 0.3 is 6.61 Å². The molecule has 1 aliphatic heterocycles. The summed E-state index contributed by atoms with van der Waals surface area (Å²) in [5.74, 6) is -0.441. The number of aliphatic imine (C=N–C) groups is 1. The van der Waals surface area contributed by atoms with Gasteiger partial charge in [-0.2, -0.15) is 8.78 Å². The molecule has 2 amide bonds. The van der Waals surface area contributed by atoms with Crippen LogP contribution in [0.15, 0.2) is 53.5 Å². The van der Waals surface area contributed by atoms with E-state index in [2.05, 4.69) is 15.0 Å². The van der Waals surface area contributed by atoms with Gasteiger partial charge in [0.2, 0.25) is 5.91 Å². The maximum absolute atomic E-state index is 13.2. The highest BCUT2D eigenvalue weighted by atomic mass is 19.3. The predicted molar refractivity (Wildman–Crippen MR) is 106 cm³/mol. The van der Waals surface area contributed by atoms with Crippen LogP contribution in [-0.2, 0) is 15.1 Å². The first kappa shape index (κ1) is 19.8. The monoisotopic (exact) mass is 414 g/mol. The number of hydrogen-bond acceptors (Lipinski definition) is 5. The molecule has 0 aromatic heterocycles. The van der Waals surface area contributed by atoms with E-state index in [-0.39, 0.29) is 23.5 Å². The molecule has 0 spiro atoms. The minimum absolute atomic E-state index is 0.0258. The number of anilines is 1. The molecule has 1 unspecified atom stereocenters. The molecule has 3 N–H and O–H groups in total. The van der Waals surface area contributed by atoms with Crippen LogP contribution in [0.3, 0.4) is 0 Å². The average molecular weight is 414 g/mol. The van der Waals surface area contributed by atoms with E-state index in [0.717, 1.165) is 12.8 Å². The second-order valence-corrected chi connectivity index (χ2v) is 7.29. The molecule has 1 fully saturated rings. The topological polar surface area (TPSA) is 97.0 Å². The van der Waals surface area contributed by atoms with Crippen LogP contribution in [0.5, 0.6) is 5.75 Å². The zero-order chi connectivity index (χ0) is 21.5. The van der Waals surface area contributed by atoms with Gasteiger partial charge in [0.25, 0.3) is 5.91 Å². The Balaban J connectivity index is 1.76. The Morgan fingerprint density at radius 3 is 2.50 bits per heavy atom. The van der Waals surface area contributed by atoms with Crippen molar-refractivity contribution in [2.45, 2.75) is 25.0 Å². The standard InChI is InChI=1S/C21H20F2N4O3/c1-27-18(29)21(26-20(27)24,13-7-9-16(10-8-13)30-19(22)23)14-3-2-4-15(11-14)25-17(28)12-5-6-12/h2-4,7-12,19H,5-6H2,1H3,(H2,24,26)(H,25,28). The lowest BCUT2D eigenvalue weighted by Crippen LogP contribution is -2.41. The number of nitrogens with zero attached hydrogens (tertiary/aromatic N) is 2. The number of halogens is 2. The van der Waals surface area contributed by atoms with Gasteiger partial charge in [-0.3, -0.25) is 14.5 Å². The molecule has 0 radical (unpaired) electrons. The van der Waals surface area contributed by atoms with Gasteiger partial charge in [-0.25, -0.2) is 4.99 Å². The van der Waals surface area contributed by atoms with Crippen LogP contribution in [0.2, 0.25) is 0 Å². The Morgan fingerprint density at radius 2 is 1.93 bits per heavy atom. The molecule has 2 aromatic carbocycles. The van der Waals surface area contributed by atoms with E-state index >= 15 is 0 Å². The summed E-state index contributed by atoms with van der Waals surface area (Å²) in [7, 11) is 1.51. The first-order valence-corrected chi connectivity index (χ1v) is 9.41. The number of carbonyl (C=O) groups is 2. The Bertz CT molecular complexity index is 1020. The molecule has 7 nitrogen and oxygen atoms in total. The molecule has 2 aliphatic rings. The van der Waals surface area contributed by atoms with Crippen molar-refractivity contribution in [2.24, 2.45) is 16.6 Å². The summed E-state index contributed by atoms with van der Waals surface area (Å²) < 4.78 is 29.4. The first-order valence-electron chi connectivity index (χ1n) is 9.41. The third kappa shape index (κ3) is 3.47. The summed E-state index contributed by atoms with van der Waals surface area (Å²) in [5.41, 5.74) is 5.92. The smallest absolute Gasteiger partial charge is 0.387 e. The number of carbonyl (C=O) groups excluding carboxylic acids is 2. The van der Waals surface area contributed by atoms with Crippen molar-refractivity contribution in [3.8, 4) is 5.75 Å². The van der Waals surface area contributed by atoms with Crippen LogP contribution in [0.25, 0.3) is 0 Å².